The number of hydrogen-bond acceptors (Lipinski definition) is 3. The zero-order valence-electron chi connectivity index (χ0n) is 22.8. The van der Waals surface area contributed by atoms with Crippen molar-refractivity contribution in [1.29, 1.82) is 0 Å². The molecule has 0 aromatic heterocycles. The number of hydrogen-bond donors (Lipinski definition) is 1. The molecule has 1 atom stereocenters. The molecule has 0 spiro atoms. The van der Waals surface area contributed by atoms with Gasteiger partial charge in [0.25, 0.3) is 0 Å². The highest BCUT2D eigenvalue weighted by molar-refractivity contribution is 8.33. The molecule has 1 heterocycles. The van der Waals surface area contributed by atoms with Crippen LogP contribution in [0, 0.1) is 0 Å². The molecule has 0 saturated heterocycles. The van der Waals surface area contributed by atoms with Crippen molar-refractivity contribution in [3.63, 3.8) is 0 Å². The van der Waals surface area contributed by atoms with Crippen molar-refractivity contribution >= 4 is 39.4 Å². The number of phosphoric acid groups is 1. The van der Waals surface area contributed by atoms with Crippen LogP contribution >= 0.6 is 17.9 Å². The highest BCUT2D eigenvalue weighted by Crippen LogP contribution is 2.71. The first-order valence-electron chi connectivity index (χ1n) is 13.6. The summed E-state index contributed by atoms with van der Waals surface area (Å²) in [5.74, 6) is 0.811. The Morgan fingerprint density at radius 3 is 1.68 bits per heavy atom. The van der Waals surface area contributed by atoms with E-state index in [1.807, 2.05) is 67.6 Å². The molecular formula is C35H29O4PS. The van der Waals surface area contributed by atoms with Gasteiger partial charge in [0, 0.05) is 16.0 Å². The van der Waals surface area contributed by atoms with E-state index in [2.05, 4.69) is 66.9 Å². The molecule has 0 radical (unpaired) electrons. The van der Waals surface area contributed by atoms with E-state index in [-0.39, 0.29) is 0 Å². The van der Waals surface area contributed by atoms with Gasteiger partial charge in [0.1, 0.15) is 5.75 Å². The molecule has 0 fully saturated rings. The van der Waals surface area contributed by atoms with Crippen molar-refractivity contribution in [3.8, 4) is 22.6 Å². The molecule has 0 amide bonds. The Morgan fingerprint density at radius 2 is 1.12 bits per heavy atom. The van der Waals surface area contributed by atoms with E-state index in [0.29, 0.717) is 17.9 Å². The molecule has 1 aliphatic heterocycles. The first-order valence-corrected chi connectivity index (χ1v) is 17.2. The summed E-state index contributed by atoms with van der Waals surface area (Å²) < 4.78 is 26.0. The van der Waals surface area contributed by atoms with Crippen molar-refractivity contribution < 1.29 is 18.5 Å². The van der Waals surface area contributed by atoms with Crippen LogP contribution in [-0.4, -0.2) is 11.1 Å². The lowest BCUT2D eigenvalue weighted by atomic mass is 9.90. The molecule has 6 heteroatoms. The standard InChI is InChI=1S/C35H29O4PS/c1-3-24-22-25-14-10-12-20-29(25)32-33-30-21-13-11-15-26(30)23-31(35(33)39-40(36,37)38-34(24)32)41(2,27-16-6-4-7-17-27)28-18-8-5-9-19-28/h4-23H,3H2,1-2H3,(H,36,37). The van der Waals surface area contributed by atoms with E-state index in [9.17, 15) is 9.46 Å². The fourth-order valence-corrected chi connectivity index (χ4v) is 9.99. The second-order valence-electron chi connectivity index (χ2n) is 10.3. The van der Waals surface area contributed by atoms with Crippen LogP contribution in [-0.2, 0) is 11.0 Å². The van der Waals surface area contributed by atoms with Crippen molar-refractivity contribution in [2.45, 2.75) is 28.0 Å². The molecule has 0 bridgehead atoms. The third-order valence-corrected chi connectivity index (χ3v) is 12.4. The van der Waals surface area contributed by atoms with E-state index < -0.39 is 17.9 Å². The molecule has 7 rings (SSSR count). The fraction of sp³-hybridized carbons (Fsp3) is 0.0857. The maximum absolute atomic E-state index is 13.8. The predicted octanol–water partition coefficient (Wildman–Crippen LogP) is 10.0. The Kier molecular flexibility index (Phi) is 6.20. The predicted molar refractivity (Wildman–Crippen MR) is 169 cm³/mol. The lowest BCUT2D eigenvalue weighted by Gasteiger charge is -2.39. The monoisotopic (exact) mass is 576 g/mol. The van der Waals surface area contributed by atoms with Gasteiger partial charge in [-0.05, 0) is 86.0 Å². The third kappa shape index (κ3) is 4.16. The van der Waals surface area contributed by atoms with E-state index in [1.165, 1.54) is 0 Å². The SMILES string of the molecule is CCc1cc2ccccc2c2c1OP(=O)(O)Oc1c(S(C)(c3ccccc3)c3ccccc3)cc3ccccc3c1-2. The normalized spacial score (nSPS) is 16.8. The van der Waals surface area contributed by atoms with Crippen LogP contribution < -0.4 is 9.05 Å². The molecule has 41 heavy (non-hydrogen) atoms. The van der Waals surface area contributed by atoms with Gasteiger partial charge in [-0.1, -0.05) is 91.9 Å². The van der Waals surface area contributed by atoms with Crippen LogP contribution in [0.15, 0.2) is 136 Å². The van der Waals surface area contributed by atoms with Crippen LogP contribution in [0.5, 0.6) is 11.5 Å². The Bertz CT molecular complexity index is 1950. The minimum atomic E-state index is -4.56. The molecule has 6 aromatic rings. The summed E-state index contributed by atoms with van der Waals surface area (Å²) in [5, 5.41) is 3.97. The summed E-state index contributed by atoms with van der Waals surface area (Å²) in [6.45, 7) is 2.03. The van der Waals surface area contributed by atoms with Gasteiger partial charge in [-0.25, -0.2) is 4.57 Å². The Morgan fingerprint density at radius 1 is 0.659 bits per heavy atom. The van der Waals surface area contributed by atoms with Gasteiger partial charge in [-0.15, -0.1) is 0 Å². The first-order chi connectivity index (χ1) is 19.9. The summed E-state index contributed by atoms with van der Waals surface area (Å²) in [7, 11) is -6.52. The summed E-state index contributed by atoms with van der Waals surface area (Å²) in [5.41, 5.74) is 2.44. The number of phosphoric ester groups is 1. The second kappa shape index (κ2) is 9.81. The fourth-order valence-electron chi connectivity index (χ4n) is 5.97. The molecule has 204 valence electrons. The highest BCUT2D eigenvalue weighted by Gasteiger charge is 2.40. The molecule has 6 aromatic carbocycles. The summed E-state index contributed by atoms with van der Waals surface area (Å²) in [6, 6.07) is 41.2. The zero-order valence-corrected chi connectivity index (χ0v) is 24.5. The van der Waals surface area contributed by atoms with E-state index in [0.717, 1.165) is 52.9 Å². The van der Waals surface area contributed by atoms with Gasteiger partial charge in [0.2, 0.25) is 0 Å². The second-order valence-corrected chi connectivity index (χ2v) is 14.8. The zero-order chi connectivity index (χ0) is 28.2. The lowest BCUT2D eigenvalue weighted by molar-refractivity contribution is 0.291. The Balaban J connectivity index is 1.72. The molecule has 0 saturated carbocycles. The molecule has 0 aliphatic carbocycles. The molecule has 1 N–H and O–H groups in total. The molecule has 1 unspecified atom stereocenters. The summed E-state index contributed by atoms with van der Waals surface area (Å²) >= 11 is 0. The van der Waals surface area contributed by atoms with Crippen LogP contribution in [0.1, 0.15) is 12.5 Å². The summed E-state index contributed by atoms with van der Waals surface area (Å²) in [4.78, 5) is 14.4. The highest BCUT2D eigenvalue weighted by atomic mass is 32.3. The minimum absolute atomic E-state index is 0.400. The first kappa shape index (κ1) is 25.9. The lowest BCUT2D eigenvalue weighted by Crippen LogP contribution is -2.06. The van der Waals surface area contributed by atoms with Gasteiger partial charge in [-0.2, -0.15) is 10.0 Å². The number of aryl methyl sites for hydroxylation is 1. The summed E-state index contributed by atoms with van der Waals surface area (Å²) in [6.07, 6.45) is 2.87. The van der Waals surface area contributed by atoms with Crippen LogP contribution in [0.25, 0.3) is 32.7 Å². The van der Waals surface area contributed by atoms with E-state index >= 15 is 0 Å². The van der Waals surface area contributed by atoms with Crippen molar-refractivity contribution in [2.75, 3.05) is 6.26 Å². The average Bonchev–Trinajstić information content (AvgIpc) is 3.14. The van der Waals surface area contributed by atoms with E-state index in [1.54, 1.807) is 0 Å². The smallest absolute Gasteiger partial charge is 0.394 e. The number of benzene rings is 6. The van der Waals surface area contributed by atoms with Crippen molar-refractivity contribution in [1.82, 2.24) is 0 Å². The Hall–Kier alpha value is -4.02. The van der Waals surface area contributed by atoms with Crippen LogP contribution in [0.4, 0.5) is 0 Å². The maximum Gasteiger partial charge on any atom is 0.584 e. The van der Waals surface area contributed by atoms with Crippen molar-refractivity contribution in [3.05, 3.63) is 127 Å². The van der Waals surface area contributed by atoms with Gasteiger partial charge in [0.15, 0.2) is 5.75 Å². The van der Waals surface area contributed by atoms with Gasteiger partial charge in [0.05, 0.1) is 0 Å². The van der Waals surface area contributed by atoms with E-state index in [4.69, 9.17) is 9.05 Å². The largest absolute Gasteiger partial charge is 0.584 e. The maximum atomic E-state index is 13.8. The number of fused-ring (bicyclic) bond motifs is 7. The van der Waals surface area contributed by atoms with Gasteiger partial charge < -0.3 is 9.05 Å². The van der Waals surface area contributed by atoms with Gasteiger partial charge >= 0.3 is 7.82 Å². The topological polar surface area (TPSA) is 55.8 Å². The Labute approximate surface area is 241 Å². The van der Waals surface area contributed by atoms with Crippen LogP contribution in [0.3, 0.4) is 0 Å². The van der Waals surface area contributed by atoms with Crippen LogP contribution in [0.2, 0.25) is 0 Å². The molecular weight excluding hydrogens is 547 g/mol. The third-order valence-electron chi connectivity index (χ3n) is 7.96. The quantitative estimate of drug-likeness (QED) is 0.212. The average molecular weight is 577 g/mol. The number of rotatable bonds is 4. The van der Waals surface area contributed by atoms with Crippen molar-refractivity contribution in [2.24, 2.45) is 0 Å². The molecule has 1 aliphatic rings. The van der Waals surface area contributed by atoms with Gasteiger partial charge in [-0.3, -0.25) is 4.89 Å². The minimum Gasteiger partial charge on any atom is -0.394 e. The molecule has 4 nitrogen and oxygen atoms in total.